The van der Waals surface area contributed by atoms with E-state index in [4.69, 9.17) is 5.73 Å². The fraction of sp³-hybridized carbons (Fsp3) is 0.417. The van der Waals surface area contributed by atoms with Gasteiger partial charge < -0.3 is 5.73 Å². The minimum atomic E-state index is -0.787. The molecule has 1 unspecified atom stereocenters. The van der Waals surface area contributed by atoms with Crippen LogP contribution in [0.3, 0.4) is 0 Å². The summed E-state index contributed by atoms with van der Waals surface area (Å²) in [5.74, 6) is 1.34. The molecule has 0 spiro atoms. The van der Waals surface area contributed by atoms with Crippen molar-refractivity contribution in [1.29, 1.82) is 0 Å². The molecule has 0 radical (unpaired) electrons. The Hall–Kier alpha value is -1.76. The van der Waals surface area contributed by atoms with Crippen LogP contribution in [-0.4, -0.2) is 36.4 Å². The van der Waals surface area contributed by atoms with Crippen LogP contribution in [0.15, 0.2) is 18.2 Å². The maximum atomic E-state index is 11.0. The van der Waals surface area contributed by atoms with Gasteiger partial charge in [-0.1, -0.05) is 12.1 Å². The quantitative estimate of drug-likeness (QED) is 0.825. The lowest BCUT2D eigenvalue weighted by Crippen LogP contribution is -2.06. The zero-order valence-corrected chi connectivity index (χ0v) is 11.9. The standard InChI is InChI=1S/C12H17N5OS/c1-9-4-5-10(8-11(9)13)12-14-15-16-17(12)6-3-7-19(2)18/h4-5,8H,3,6-7,13H2,1-2H3. The third-order valence-corrected chi connectivity index (χ3v) is 3.73. The SMILES string of the molecule is Cc1ccc(-c2nnnn2CCCS(C)=O)cc1N. The number of benzene rings is 1. The largest absolute Gasteiger partial charge is 0.398 e. The molecule has 2 rings (SSSR count). The molecular weight excluding hydrogens is 262 g/mol. The molecule has 19 heavy (non-hydrogen) atoms. The number of nitrogens with two attached hydrogens (primary N) is 1. The Morgan fingerprint density at radius 2 is 2.21 bits per heavy atom. The first kappa shape index (κ1) is 13.7. The molecule has 7 heteroatoms. The number of aromatic nitrogens is 4. The van der Waals surface area contributed by atoms with Gasteiger partial charge >= 0.3 is 0 Å². The molecule has 0 aliphatic carbocycles. The van der Waals surface area contributed by atoms with Crippen molar-refractivity contribution in [1.82, 2.24) is 20.2 Å². The van der Waals surface area contributed by atoms with Crippen LogP contribution in [0, 0.1) is 6.92 Å². The third-order valence-electron chi connectivity index (χ3n) is 2.87. The number of rotatable bonds is 5. The maximum Gasteiger partial charge on any atom is 0.182 e. The molecule has 2 aromatic rings. The van der Waals surface area contributed by atoms with Gasteiger partial charge in [-0.25, -0.2) is 4.68 Å². The number of nitrogens with zero attached hydrogens (tertiary/aromatic N) is 4. The second kappa shape index (κ2) is 5.92. The summed E-state index contributed by atoms with van der Waals surface area (Å²) < 4.78 is 12.8. The van der Waals surface area contributed by atoms with Crippen LogP contribution in [0.4, 0.5) is 5.69 Å². The van der Waals surface area contributed by atoms with Crippen molar-refractivity contribution in [3.63, 3.8) is 0 Å². The average molecular weight is 279 g/mol. The van der Waals surface area contributed by atoms with Gasteiger partial charge in [0.05, 0.1) is 0 Å². The van der Waals surface area contributed by atoms with Crippen LogP contribution >= 0.6 is 0 Å². The summed E-state index contributed by atoms with van der Waals surface area (Å²) in [6.45, 7) is 2.61. The van der Waals surface area contributed by atoms with Crippen LogP contribution < -0.4 is 5.73 Å². The summed E-state index contributed by atoms with van der Waals surface area (Å²) in [6, 6.07) is 5.77. The first-order valence-electron chi connectivity index (χ1n) is 6.00. The first-order valence-corrected chi connectivity index (χ1v) is 7.73. The second-order valence-electron chi connectivity index (χ2n) is 4.43. The Labute approximate surface area is 114 Å². The van der Waals surface area contributed by atoms with Crippen molar-refractivity contribution in [3.05, 3.63) is 23.8 Å². The molecule has 1 heterocycles. The van der Waals surface area contributed by atoms with E-state index in [1.165, 1.54) is 0 Å². The van der Waals surface area contributed by atoms with Gasteiger partial charge in [-0.05, 0) is 35.4 Å². The molecule has 0 saturated heterocycles. The second-order valence-corrected chi connectivity index (χ2v) is 5.98. The first-order chi connectivity index (χ1) is 9.08. The minimum Gasteiger partial charge on any atom is -0.398 e. The number of nitrogen functional groups attached to an aromatic ring is 1. The fourth-order valence-corrected chi connectivity index (χ4v) is 2.29. The monoisotopic (exact) mass is 279 g/mol. The summed E-state index contributed by atoms with van der Waals surface area (Å²) in [7, 11) is -0.787. The Balaban J connectivity index is 2.18. The Kier molecular flexibility index (Phi) is 4.26. The van der Waals surface area contributed by atoms with Crippen molar-refractivity contribution in [2.24, 2.45) is 0 Å². The van der Waals surface area contributed by atoms with Gasteiger partial charge in [0.1, 0.15) is 0 Å². The van der Waals surface area contributed by atoms with Crippen molar-refractivity contribution < 1.29 is 4.21 Å². The van der Waals surface area contributed by atoms with Crippen molar-refractivity contribution in [2.45, 2.75) is 19.9 Å². The van der Waals surface area contributed by atoms with E-state index in [1.54, 1.807) is 10.9 Å². The lowest BCUT2D eigenvalue weighted by molar-refractivity contribution is 0.583. The van der Waals surface area contributed by atoms with E-state index in [-0.39, 0.29) is 0 Å². The van der Waals surface area contributed by atoms with E-state index in [0.29, 0.717) is 18.1 Å². The average Bonchev–Trinajstić information content (AvgIpc) is 2.80. The van der Waals surface area contributed by atoms with Crippen molar-refractivity contribution >= 4 is 16.5 Å². The van der Waals surface area contributed by atoms with Crippen LogP contribution in [-0.2, 0) is 17.3 Å². The summed E-state index contributed by atoms with van der Waals surface area (Å²) >= 11 is 0. The van der Waals surface area contributed by atoms with Gasteiger partial charge in [0.2, 0.25) is 0 Å². The summed E-state index contributed by atoms with van der Waals surface area (Å²) in [4.78, 5) is 0. The number of hydrogen-bond acceptors (Lipinski definition) is 5. The van der Waals surface area contributed by atoms with E-state index in [2.05, 4.69) is 15.5 Å². The summed E-state index contributed by atoms with van der Waals surface area (Å²) in [5.41, 5.74) is 8.55. The molecule has 0 aliphatic heterocycles. The molecule has 0 fully saturated rings. The van der Waals surface area contributed by atoms with Gasteiger partial charge in [-0.15, -0.1) is 5.10 Å². The highest BCUT2D eigenvalue weighted by atomic mass is 32.2. The molecular formula is C12H17N5OS. The highest BCUT2D eigenvalue weighted by molar-refractivity contribution is 7.84. The number of anilines is 1. The van der Waals surface area contributed by atoms with Crippen molar-refractivity contribution in [2.75, 3.05) is 17.7 Å². The van der Waals surface area contributed by atoms with Gasteiger partial charge in [0, 0.05) is 40.6 Å². The fourth-order valence-electron chi connectivity index (χ4n) is 1.76. The molecule has 102 valence electrons. The van der Waals surface area contributed by atoms with Crippen LogP contribution in [0.25, 0.3) is 11.4 Å². The topological polar surface area (TPSA) is 86.7 Å². The number of hydrogen-bond donors (Lipinski definition) is 1. The Morgan fingerprint density at radius 1 is 1.42 bits per heavy atom. The predicted molar refractivity (Wildman–Crippen MR) is 76.0 cm³/mol. The Bertz CT molecular complexity index is 596. The van der Waals surface area contributed by atoms with E-state index >= 15 is 0 Å². The predicted octanol–water partition coefficient (Wildman–Crippen LogP) is 0.999. The molecule has 1 aromatic carbocycles. The van der Waals surface area contributed by atoms with Crippen LogP contribution in [0.2, 0.25) is 0 Å². The Morgan fingerprint density at radius 3 is 2.89 bits per heavy atom. The molecule has 1 atom stereocenters. The molecule has 2 N–H and O–H groups in total. The molecule has 0 bridgehead atoms. The van der Waals surface area contributed by atoms with E-state index in [9.17, 15) is 4.21 Å². The zero-order valence-electron chi connectivity index (χ0n) is 11.0. The van der Waals surface area contributed by atoms with E-state index in [1.807, 2.05) is 25.1 Å². The smallest absolute Gasteiger partial charge is 0.182 e. The number of aryl methyl sites for hydroxylation is 2. The van der Waals surface area contributed by atoms with Crippen molar-refractivity contribution in [3.8, 4) is 11.4 Å². The summed E-state index contributed by atoms with van der Waals surface area (Å²) in [5, 5.41) is 11.7. The highest BCUT2D eigenvalue weighted by Gasteiger charge is 2.09. The molecule has 0 aliphatic rings. The van der Waals surface area contributed by atoms with E-state index < -0.39 is 10.8 Å². The van der Waals surface area contributed by atoms with Crippen LogP contribution in [0.5, 0.6) is 0 Å². The van der Waals surface area contributed by atoms with Crippen LogP contribution in [0.1, 0.15) is 12.0 Å². The molecule has 0 saturated carbocycles. The molecule has 0 amide bonds. The minimum absolute atomic E-state index is 0.648. The maximum absolute atomic E-state index is 11.0. The number of tetrazole rings is 1. The van der Waals surface area contributed by atoms with Gasteiger partial charge in [0.25, 0.3) is 0 Å². The van der Waals surface area contributed by atoms with Gasteiger partial charge in [-0.3, -0.25) is 4.21 Å². The van der Waals surface area contributed by atoms with Gasteiger partial charge in [0.15, 0.2) is 5.82 Å². The third kappa shape index (κ3) is 3.37. The highest BCUT2D eigenvalue weighted by Crippen LogP contribution is 2.21. The lowest BCUT2D eigenvalue weighted by Gasteiger charge is -2.06. The molecule has 6 nitrogen and oxygen atoms in total. The molecule has 1 aromatic heterocycles. The zero-order chi connectivity index (χ0) is 13.8. The summed E-state index contributed by atoms with van der Waals surface area (Å²) in [6.07, 6.45) is 2.48. The van der Waals surface area contributed by atoms with E-state index in [0.717, 1.165) is 23.2 Å². The lowest BCUT2D eigenvalue weighted by atomic mass is 10.1. The van der Waals surface area contributed by atoms with Gasteiger partial charge in [-0.2, -0.15) is 0 Å². The normalized spacial score (nSPS) is 12.5.